The number of hydrogen-bond donors (Lipinski definition) is 1. The van der Waals surface area contributed by atoms with Crippen molar-refractivity contribution in [1.29, 1.82) is 0 Å². The quantitative estimate of drug-likeness (QED) is 0.911. The van der Waals surface area contributed by atoms with E-state index >= 15 is 0 Å². The Morgan fingerprint density at radius 3 is 2.84 bits per heavy atom. The zero-order chi connectivity index (χ0) is 14.0. The molecule has 2 unspecified atom stereocenters. The number of rotatable bonds is 3. The average Bonchev–Trinajstić information content (AvgIpc) is 2.68. The Morgan fingerprint density at radius 1 is 1.42 bits per heavy atom. The summed E-state index contributed by atoms with van der Waals surface area (Å²) in [5.74, 6) is 0. The Bertz CT molecular complexity index is 415. The van der Waals surface area contributed by atoms with Crippen LogP contribution in [-0.2, 0) is 13.1 Å². The Balaban J connectivity index is 1.95. The van der Waals surface area contributed by atoms with Gasteiger partial charge in [-0.1, -0.05) is 0 Å². The van der Waals surface area contributed by atoms with Crippen LogP contribution < -0.4 is 5.32 Å². The molecule has 1 aromatic rings. The molecule has 2 rings (SSSR count). The highest BCUT2D eigenvalue weighted by Gasteiger charge is 2.28. The fraction of sp³-hybridized carbons (Fsp3) is 0.750. The van der Waals surface area contributed by atoms with E-state index in [-0.39, 0.29) is 0 Å². The van der Waals surface area contributed by atoms with Gasteiger partial charge in [0.2, 0.25) is 0 Å². The number of halogens is 3. The van der Waals surface area contributed by atoms with E-state index in [9.17, 15) is 13.2 Å². The minimum Gasteiger partial charge on any atom is -0.311 e. The number of hydrogen-bond acceptors (Lipinski definition) is 3. The number of nitrogens with zero attached hydrogens (tertiary/aromatic N) is 3. The van der Waals surface area contributed by atoms with Crippen LogP contribution in [0.3, 0.4) is 0 Å². The molecule has 0 aromatic carbocycles. The Morgan fingerprint density at radius 2 is 2.16 bits per heavy atom. The Labute approximate surface area is 110 Å². The van der Waals surface area contributed by atoms with Crippen LogP contribution in [0.25, 0.3) is 0 Å². The van der Waals surface area contributed by atoms with E-state index in [4.69, 9.17) is 0 Å². The number of nitrogens with one attached hydrogen (secondary N) is 1. The van der Waals surface area contributed by atoms with Crippen LogP contribution in [0.1, 0.15) is 19.4 Å². The molecule has 0 radical (unpaired) electrons. The van der Waals surface area contributed by atoms with Gasteiger partial charge >= 0.3 is 6.18 Å². The van der Waals surface area contributed by atoms with Crippen molar-refractivity contribution in [2.75, 3.05) is 13.1 Å². The summed E-state index contributed by atoms with van der Waals surface area (Å²) in [4.78, 5) is 2.26. The summed E-state index contributed by atoms with van der Waals surface area (Å²) in [7, 11) is 0. The number of piperazine rings is 1. The SMILES string of the molecule is CC1CN(Cc2cnn(CC(F)(F)F)c2)C(C)CN1. The maximum absolute atomic E-state index is 12.2. The van der Waals surface area contributed by atoms with E-state index in [1.165, 1.54) is 12.4 Å². The molecule has 2 heterocycles. The molecule has 108 valence electrons. The summed E-state index contributed by atoms with van der Waals surface area (Å²) in [6, 6.07) is 0.781. The van der Waals surface area contributed by atoms with Crippen molar-refractivity contribution in [2.45, 2.75) is 45.2 Å². The van der Waals surface area contributed by atoms with Crippen LogP contribution in [0.5, 0.6) is 0 Å². The largest absolute Gasteiger partial charge is 0.408 e. The molecule has 0 saturated carbocycles. The first kappa shape index (κ1) is 14.3. The lowest BCUT2D eigenvalue weighted by atomic mass is 10.1. The highest BCUT2D eigenvalue weighted by Crippen LogP contribution is 2.18. The van der Waals surface area contributed by atoms with E-state index in [2.05, 4.69) is 29.2 Å². The van der Waals surface area contributed by atoms with Crippen LogP contribution in [0.4, 0.5) is 13.2 Å². The summed E-state index contributed by atoms with van der Waals surface area (Å²) >= 11 is 0. The fourth-order valence-electron chi connectivity index (χ4n) is 2.31. The van der Waals surface area contributed by atoms with Gasteiger partial charge in [-0.15, -0.1) is 0 Å². The van der Waals surface area contributed by atoms with Crippen molar-refractivity contribution in [3.05, 3.63) is 18.0 Å². The van der Waals surface area contributed by atoms with Crippen molar-refractivity contribution in [1.82, 2.24) is 20.0 Å². The lowest BCUT2D eigenvalue weighted by Crippen LogP contribution is -2.53. The van der Waals surface area contributed by atoms with Crippen LogP contribution in [0.2, 0.25) is 0 Å². The molecule has 0 amide bonds. The fourth-order valence-corrected chi connectivity index (χ4v) is 2.31. The van der Waals surface area contributed by atoms with E-state index in [0.717, 1.165) is 23.3 Å². The van der Waals surface area contributed by atoms with Gasteiger partial charge in [-0.05, 0) is 13.8 Å². The zero-order valence-electron chi connectivity index (χ0n) is 11.1. The molecule has 1 fully saturated rings. The third-order valence-corrected chi connectivity index (χ3v) is 3.31. The minimum atomic E-state index is -4.22. The van der Waals surface area contributed by atoms with Crippen molar-refractivity contribution in [2.24, 2.45) is 0 Å². The average molecular weight is 276 g/mol. The maximum atomic E-state index is 12.2. The van der Waals surface area contributed by atoms with Gasteiger partial charge in [0.1, 0.15) is 6.54 Å². The third-order valence-electron chi connectivity index (χ3n) is 3.31. The van der Waals surface area contributed by atoms with Gasteiger partial charge < -0.3 is 5.32 Å². The topological polar surface area (TPSA) is 33.1 Å². The summed E-state index contributed by atoms with van der Waals surface area (Å²) in [6.07, 6.45) is -1.22. The molecule has 0 spiro atoms. The van der Waals surface area contributed by atoms with Gasteiger partial charge in [-0.25, -0.2) is 0 Å². The van der Waals surface area contributed by atoms with E-state index in [1.54, 1.807) is 0 Å². The molecule has 1 aromatic heterocycles. The summed E-state index contributed by atoms with van der Waals surface area (Å²) in [5, 5.41) is 7.14. The molecule has 1 saturated heterocycles. The second-order valence-corrected chi connectivity index (χ2v) is 5.25. The van der Waals surface area contributed by atoms with Gasteiger partial charge in [-0.3, -0.25) is 9.58 Å². The Hall–Kier alpha value is -1.08. The van der Waals surface area contributed by atoms with Crippen molar-refractivity contribution in [3.63, 3.8) is 0 Å². The van der Waals surface area contributed by atoms with Crippen molar-refractivity contribution < 1.29 is 13.2 Å². The van der Waals surface area contributed by atoms with Gasteiger partial charge in [0.25, 0.3) is 0 Å². The smallest absolute Gasteiger partial charge is 0.311 e. The second kappa shape index (κ2) is 5.50. The predicted molar refractivity (Wildman–Crippen MR) is 65.6 cm³/mol. The summed E-state index contributed by atoms with van der Waals surface area (Å²) < 4.78 is 37.7. The van der Waals surface area contributed by atoms with E-state index in [0.29, 0.717) is 18.6 Å². The second-order valence-electron chi connectivity index (χ2n) is 5.25. The van der Waals surface area contributed by atoms with E-state index in [1.807, 2.05) is 0 Å². The van der Waals surface area contributed by atoms with Gasteiger partial charge in [0.15, 0.2) is 0 Å². The highest BCUT2D eigenvalue weighted by atomic mass is 19.4. The summed E-state index contributed by atoms with van der Waals surface area (Å²) in [6.45, 7) is 5.63. The first-order valence-corrected chi connectivity index (χ1v) is 6.39. The van der Waals surface area contributed by atoms with Crippen LogP contribution in [-0.4, -0.2) is 46.0 Å². The lowest BCUT2D eigenvalue weighted by Gasteiger charge is -2.37. The first-order valence-electron chi connectivity index (χ1n) is 6.39. The summed E-state index contributed by atoms with van der Waals surface area (Å²) in [5.41, 5.74) is 0.824. The van der Waals surface area contributed by atoms with Gasteiger partial charge in [0.05, 0.1) is 6.20 Å². The van der Waals surface area contributed by atoms with Crippen molar-refractivity contribution >= 4 is 0 Å². The minimum absolute atomic E-state index is 0.377. The molecule has 4 nitrogen and oxygen atoms in total. The van der Waals surface area contributed by atoms with Crippen LogP contribution >= 0.6 is 0 Å². The molecular formula is C12H19F3N4. The molecular weight excluding hydrogens is 257 g/mol. The maximum Gasteiger partial charge on any atom is 0.408 e. The molecule has 1 aliphatic rings. The Kier molecular flexibility index (Phi) is 4.15. The number of alkyl halides is 3. The molecule has 0 aliphatic carbocycles. The monoisotopic (exact) mass is 276 g/mol. The molecule has 1 aliphatic heterocycles. The van der Waals surface area contributed by atoms with Crippen molar-refractivity contribution in [3.8, 4) is 0 Å². The van der Waals surface area contributed by atoms with Gasteiger partial charge in [0, 0.05) is 43.5 Å². The molecule has 2 atom stereocenters. The van der Waals surface area contributed by atoms with Crippen LogP contribution in [0.15, 0.2) is 12.4 Å². The molecule has 1 N–H and O–H groups in total. The third kappa shape index (κ3) is 4.21. The normalized spacial score (nSPS) is 25.7. The molecule has 19 heavy (non-hydrogen) atoms. The molecule has 0 bridgehead atoms. The predicted octanol–water partition coefficient (Wildman–Crippen LogP) is 1.63. The highest BCUT2D eigenvalue weighted by molar-refractivity contribution is 5.05. The molecule has 7 heteroatoms. The van der Waals surface area contributed by atoms with E-state index < -0.39 is 12.7 Å². The number of aromatic nitrogens is 2. The lowest BCUT2D eigenvalue weighted by molar-refractivity contribution is -0.142. The zero-order valence-corrected chi connectivity index (χ0v) is 11.1. The van der Waals surface area contributed by atoms with Crippen LogP contribution in [0, 0.1) is 0 Å². The standard InChI is InChI=1S/C12H19F3N4/c1-9-5-18(10(2)3-16-9)6-11-4-17-19(7-11)8-12(13,14)15/h4,7,9-10,16H,3,5-6,8H2,1-2H3. The first-order chi connectivity index (χ1) is 8.83. The van der Waals surface area contributed by atoms with Gasteiger partial charge in [-0.2, -0.15) is 18.3 Å².